The molecule has 0 amide bonds. The molecule has 0 aromatic rings. The summed E-state index contributed by atoms with van der Waals surface area (Å²) in [7, 11) is 1.75. The fourth-order valence-corrected chi connectivity index (χ4v) is 5.38. The lowest BCUT2D eigenvalue weighted by Crippen LogP contribution is -2.59. The largest absolute Gasteiger partial charge is 0.432 e. The van der Waals surface area contributed by atoms with Crippen molar-refractivity contribution in [1.82, 2.24) is 0 Å². The van der Waals surface area contributed by atoms with Gasteiger partial charge in [0.25, 0.3) is 0 Å². The van der Waals surface area contributed by atoms with Gasteiger partial charge in [0.1, 0.15) is 5.60 Å². The van der Waals surface area contributed by atoms with Crippen molar-refractivity contribution in [2.75, 3.05) is 13.7 Å². The van der Waals surface area contributed by atoms with E-state index in [1.54, 1.807) is 13.4 Å². The standard InChI is InChI=1S/C26H38O5/c1-18(2)9-8-12-24(5)13-10-20-17-30-25(6)16-22(28-7)26(20,31-25)21(24)11-14-29-23(27)15-19(3)4/h9-11,14-15,21-22H,8,12-13,16-17H2,1-7H3/t21-,22+,24+,25+,26-/m1/s1. The lowest BCUT2D eigenvalue weighted by Gasteiger charge is -2.54. The summed E-state index contributed by atoms with van der Waals surface area (Å²) in [5.74, 6) is -1.04. The Morgan fingerprint density at radius 3 is 2.61 bits per heavy atom. The van der Waals surface area contributed by atoms with Crippen LogP contribution in [0.2, 0.25) is 0 Å². The minimum Gasteiger partial charge on any atom is -0.432 e. The van der Waals surface area contributed by atoms with E-state index in [9.17, 15) is 4.79 Å². The van der Waals surface area contributed by atoms with E-state index in [2.05, 4.69) is 32.9 Å². The Morgan fingerprint density at radius 2 is 1.97 bits per heavy atom. The third-order valence-electron chi connectivity index (χ3n) is 6.90. The third kappa shape index (κ3) is 4.74. The Bertz CT molecular complexity index is 814. The molecule has 31 heavy (non-hydrogen) atoms. The van der Waals surface area contributed by atoms with Crippen LogP contribution in [0, 0.1) is 11.3 Å². The highest BCUT2D eigenvalue weighted by Gasteiger charge is 2.66. The van der Waals surface area contributed by atoms with E-state index in [1.165, 1.54) is 11.6 Å². The van der Waals surface area contributed by atoms with Gasteiger partial charge in [-0.2, -0.15) is 0 Å². The normalized spacial score (nSPS) is 36.5. The van der Waals surface area contributed by atoms with Crippen LogP contribution in [0.15, 0.2) is 47.3 Å². The number of allylic oxidation sites excluding steroid dienone is 4. The molecule has 5 heteroatoms. The monoisotopic (exact) mass is 430 g/mol. The molecule has 2 saturated heterocycles. The zero-order valence-electron chi connectivity index (χ0n) is 20.1. The summed E-state index contributed by atoms with van der Waals surface area (Å²) in [5, 5.41) is 0. The zero-order chi connectivity index (χ0) is 22.9. The van der Waals surface area contributed by atoms with E-state index < -0.39 is 11.4 Å². The molecule has 2 bridgehead atoms. The van der Waals surface area contributed by atoms with Gasteiger partial charge in [0, 0.05) is 25.5 Å². The number of ether oxygens (including phenoxy) is 4. The quantitative estimate of drug-likeness (QED) is 0.227. The van der Waals surface area contributed by atoms with Gasteiger partial charge in [-0.3, -0.25) is 0 Å². The summed E-state index contributed by atoms with van der Waals surface area (Å²) >= 11 is 0. The molecule has 2 aliphatic heterocycles. The predicted octanol–water partition coefficient (Wildman–Crippen LogP) is 5.63. The molecule has 5 atom stereocenters. The van der Waals surface area contributed by atoms with Gasteiger partial charge in [0.15, 0.2) is 5.79 Å². The zero-order valence-corrected chi connectivity index (χ0v) is 20.1. The molecule has 3 aliphatic rings. The molecule has 0 radical (unpaired) electrons. The van der Waals surface area contributed by atoms with Crippen molar-refractivity contribution in [1.29, 1.82) is 0 Å². The second-order valence-corrected chi connectivity index (χ2v) is 10.1. The van der Waals surface area contributed by atoms with Gasteiger partial charge in [-0.15, -0.1) is 0 Å². The summed E-state index contributed by atoms with van der Waals surface area (Å²) in [5.41, 5.74) is 2.68. The van der Waals surface area contributed by atoms with Gasteiger partial charge in [0.2, 0.25) is 0 Å². The van der Waals surface area contributed by atoms with Crippen LogP contribution in [0.3, 0.4) is 0 Å². The first-order valence-corrected chi connectivity index (χ1v) is 11.3. The number of methoxy groups -OCH3 is 1. The predicted molar refractivity (Wildman–Crippen MR) is 121 cm³/mol. The molecule has 5 nitrogen and oxygen atoms in total. The molecule has 2 heterocycles. The average molecular weight is 431 g/mol. The molecule has 172 valence electrons. The highest BCUT2D eigenvalue weighted by molar-refractivity contribution is 5.83. The van der Waals surface area contributed by atoms with E-state index in [1.807, 2.05) is 26.8 Å². The number of esters is 1. The maximum atomic E-state index is 12.1. The molecule has 0 aromatic heterocycles. The molecular weight excluding hydrogens is 392 g/mol. The molecule has 1 spiro atoms. The van der Waals surface area contributed by atoms with Crippen molar-refractivity contribution in [2.24, 2.45) is 11.3 Å². The number of fused-ring (bicyclic) bond motifs is 1. The first kappa shape index (κ1) is 24.0. The van der Waals surface area contributed by atoms with Gasteiger partial charge in [-0.25, -0.2) is 4.79 Å². The highest BCUT2D eigenvalue weighted by atomic mass is 16.7. The Kier molecular flexibility index (Phi) is 6.99. The number of rotatable bonds is 7. The number of carbonyl (C=O) groups is 1. The molecule has 3 rings (SSSR count). The van der Waals surface area contributed by atoms with Crippen molar-refractivity contribution < 1.29 is 23.7 Å². The minimum atomic E-state index is -0.666. The van der Waals surface area contributed by atoms with Crippen LogP contribution in [0.4, 0.5) is 0 Å². The van der Waals surface area contributed by atoms with E-state index in [0.29, 0.717) is 13.0 Å². The average Bonchev–Trinajstić information content (AvgIpc) is 2.90. The van der Waals surface area contributed by atoms with Crippen molar-refractivity contribution in [3.05, 3.63) is 47.3 Å². The number of carbonyl (C=O) groups excluding carboxylic acids is 1. The fraction of sp³-hybridized carbons (Fsp3) is 0.654. The molecule has 0 aromatic carbocycles. The third-order valence-corrected chi connectivity index (χ3v) is 6.90. The van der Waals surface area contributed by atoms with Crippen LogP contribution >= 0.6 is 0 Å². The van der Waals surface area contributed by atoms with Gasteiger partial charge < -0.3 is 18.9 Å². The lowest BCUT2D eigenvalue weighted by molar-refractivity contribution is -0.278. The molecular formula is C26H38O5. The second kappa shape index (κ2) is 9.05. The molecule has 2 fully saturated rings. The molecule has 0 N–H and O–H groups in total. The van der Waals surface area contributed by atoms with Crippen molar-refractivity contribution in [3.63, 3.8) is 0 Å². The Labute approximate surface area is 187 Å². The molecule has 1 aliphatic carbocycles. The van der Waals surface area contributed by atoms with Crippen molar-refractivity contribution in [2.45, 2.75) is 84.7 Å². The van der Waals surface area contributed by atoms with Crippen LogP contribution in [-0.2, 0) is 23.7 Å². The van der Waals surface area contributed by atoms with E-state index in [-0.39, 0.29) is 23.4 Å². The summed E-state index contributed by atoms with van der Waals surface area (Å²) in [6.07, 6.45) is 13.1. The van der Waals surface area contributed by atoms with Crippen LogP contribution in [0.25, 0.3) is 0 Å². The Hall–Kier alpha value is -1.69. The lowest BCUT2D eigenvalue weighted by atomic mass is 9.57. The van der Waals surface area contributed by atoms with Crippen molar-refractivity contribution in [3.8, 4) is 0 Å². The molecule has 0 saturated carbocycles. The summed E-state index contributed by atoms with van der Waals surface area (Å²) < 4.78 is 24.2. The highest BCUT2D eigenvalue weighted by Crippen LogP contribution is 2.60. The Balaban J connectivity index is 1.99. The summed E-state index contributed by atoms with van der Waals surface area (Å²) in [6, 6.07) is 0. The second-order valence-electron chi connectivity index (χ2n) is 10.1. The number of hydrogen-bond donors (Lipinski definition) is 0. The Morgan fingerprint density at radius 1 is 1.23 bits per heavy atom. The summed E-state index contributed by atoms with van der Waals surface area (Å²) in [4.78, 5) is 12.1. The smallest absolute Gasteiger partial charge is 0.335 e. The van der Waals surface area contributed by atoms with Gasteiger partial charge in [-0.1, -0.05) is 30.2 Å². The topological polar surface area (TPSA) is 54.0 Å². The first-order chi connectivity index (χ1) is 14.5. The van der Waals surface area contributed by atoms with Crippen LogP contribution in [-0.4, -0.2) is 37.2 Å². The molecule has 0 unspecified atom stereocenters. The van der Waals surface area contributed by atoms with Crippen LogP contribution in [0.1, 0.15) is 67.2 Å². The van der Waals surface area contributed by atoms with Gasteiger partial charge in [0.05, 0.1) is 19.0 Å². The van der Waals surface area contributed by atoms with E-state index >= 15 is 0 Å². The van der Waals surface area contributed by atoms with Crippen molar-refractivity contribution >= 4 is 5.97 Å². The van der Waals surface area contributed by atoms with Gasteiger partial charge >= 0.3 is 5.97 Å². The van der Waals surface area contributed by atoms with Gasteiger partial charge in [-0.05, 0) is 70.9 Å². The first-order valence-electron chi connectivity index (χ1n) is 11.3. The van der Waals surface area contributed by atoms with E-state index in [4.69, 9.17) is 18.9 Å². The number of hydrogen-bond acceptors (Lipinski definition) is 5. The minimum absolute atomic E-state index is 0.0132. The maximum Gasteiger partial charge on any atom is 0.335 e. The SMILES string of the molecule is CO[C@H]1C[C@@]2(C)OCC3=CC[C@](C)(CCC=C(C)C)[C@@H](C=COC(=O)C=C(C)C)[C@]31O2. The van der Waals surface area contributed by atoms with E-state index in [0.717, 1.165) is 30.4 Å². The van der Waals surface area contributed by atoms with Crippen LogP contribution < -0.4 is 0 Å². The maximum absolute atomic E-state index is 12.1. The summed E-state index contributed by atoms with van der Waals surface area (Å²) in [6.45, 7) is 12.9. The van der Waals surface area contributed by atoms with Crippen LogP contribution in [0.5, 0.6) is 0 Å². The fourth-order valence-electron chi connectivity index (χ4n) is 5.38.